The number of rotatable bonds is 7. The summed E-state index contributed by atoms with van der Waals surface area (Å²) in [5.74, 6) is 0.239. The Bertz CT molecular complexity index is 1380. The van der Waals surface area contributed by atoms with Gasteiger partial charge in [-0.25, -0.2) is 8.42 Å². The number of alkyl halides is 3. The van der Waals surface area contributed by atoms with Crippen LogP contribution in [0.1, 0.15) is 17.5 Å². The molecule has 0 radical (unpaired) electrons. The minimum atomic E-state index is -4.65. The SMILES string of the molecule is COc1ccc(-c2cc(S(=O)(=O)Nc3ccc(C(F)(F)F)c(O[C@@H]4CCN(C)C4)c3)sc2Cl)c(C)c1. The molecule has 1 fully saturated rings. The van der Waals surface area contributed by atoms with Crippen molar-refractivity contribution in [2.45, 2.75) is 29.8 Å². The van der Waals surface area contributed by atoms with Gasteiger partial charge in [0.25, 0.3) is 10.0 Å². The highest BCUT2D eigenvalue weighted by atomic mass is 35.5. The summed E-state index contributed by atoms with van der Waals surface area (Å²) in [5, 5.41) is 0. The molecule has 0 aliphatic carbocycles. The van der Waals surface area contributed by atoms with Crippen molar-refractivity contribution in [2.75, 3.05) is 32.0 Å². The number of ether oxygens (including phenoxy) is 2. The van der Waals surface area contributed by atoms with Crippen molar-refractivity contribution in [3.8, 4) is 22.6 Å². The maximum Gasteiger partial charge on any atom is 0.419 e. The molecule has 36 heavy (non-hydrogen) atoms. The summed E-state index contributed by atoms with van der Waals surface area (Å²) in [6.45, 7) is 3.03. The van der Waals surface area contributed by atoms with E-state index in [2.05, 4.69) is 4.72 Å². The van der Waals surface area contributed by atoms with Crippen molar-refractivity contribution < 1.29 is 31.1 Å². The number of anilines is 1. The summed E-state index contributed by atoms with van der Waals surface area (Å²) in [4.78, 5) is 1.95. The number of thiophene rings is 1. The summed E-state index contributed by atoms with van der Waals surface area (Å²) < 4.78 is 80.4. The zero-order valence-corrected chi connectivity index (χ0v) is 22.0. The molecule has 1 saturated heterocycles. The van der Waals surface area contributed by atoms with Crippen LogP contribution in [0.4, 0.5) is 18.9 Å². The first kappa shape index (κ1) is 26.6. The second-order valence-electron chi connectivity index (χ2n) is 8.54. The fourth-order valence-corrected chi connectivity index (χ4v) is 6.82. The Hall–Kier alpha value is -2.47. The summed E-state index contributed by atoms with van der Waals surface area (Å²) in [6.07, 6.45) is -4.50. The van der Waals surface area contributed by atoms with Crippen LogP contribution in [0.2, 0.25) is 4.34 Å². The molecule has 194 valence electrons. The number of benzene rings is 2. The largest absolute Gasteiger partial charge is 0.497 e. The molecule has 3 aromatic rings. The highest BCUT2D eigenvalue weighted by Gasteiger charge is 2.36. The molecule has 12 heteroatoms. The Morgan fingerprint density at radius 2 is 1.89 bits per heavy atom. The van der Waals surface area contributed by atoms with E-state index in [1.807, 2.05) is 24.9 Å². The lowest BCUT2D eigenvalue weighted by molar-refractivity contribution is -0.139. The third-order valence-electron chi connectivity index (χ3n) is 5.83. The third kappa shape index (κ3) is 5.74. The number of likely N-dealkylation sites (tertiary alicyclic amines) is 1. The van der Waals surface area contributed by atoms with Crippen LogP contribution in [0.3, 0.4) is 0 Å². The zero-order valence-electron chi connectivity index (χ0n) is 19.6. The third-order valence-corrected chi connectivity index (χ3v) is 9.05. The van der Waals surface area contributed by atoms with Crippen LogP contribution in [-0.4, -0.2) is 46.7 Å². The normalized spacial score (nSPS) is 16.8. The van der Waals surface area contributed by atoms with E-state index in [0.717, 1.165) is 40.7 Å². The molecule has 1 atom stereocenters. The number of sulfonamides is 1. The minimum absolute atomic E-state index is 0.0453. The Labute approximate surface area is 216 Å². The number of aryl methyl sites for hydroxylation is 1. The van der Waals surface area contributed by atoms with E-state index < -0.39 is 33.6 Å². The van der Waals surface area contributed by atoms with Gasteiger partial charge >= 0.3 is 6.18 Å². The first-order valence-corrected chi connectivity index (χ1v) is 13.6. The minimum Gasteiger partial charge on any atom is -0.497 e. The number of nitrogens with one attached hydrogen (secondary N) is 1. The van der Waals surface area contributed by atoms with Crippen molar-refractivity contribution in [3.05, 3.63) is 57.9 Å². The molecule has 0 bridgehead atoms. The average molecular weight is 561 g/mol. The second kappa shape index (κ2) is 10.1. The predicted octanol–water partition coefficient (Wildman–Crippen LogP) is 6.29. The lowest BCUT2D eigenvalue weighted by atomic mass is 10.0. The van der Waals surface area contributed by atoms with Crippen LogP contribution < -0.4 is 14.2 Å². The number of nitrogens with zero attached hydrogens (tertiary/aromatic N) is 1. The van der Waals surface area contributed by atoms with Gasteiger partial charge in [0.15, 0.2) is 0 Å². The van der Waals surface area contributed by atoms with Crippen LogP contribution in [0.25, 0.3) is 11.1 Å². The van der Waals surface area contributed by atoms with Gasteiger partial charge in [0.2, 0.25) is 0 Å². The molecule has 2 heterocycles. The van der Waals surface area contributed by atoms with Crippen molar-refractivity contribution in [1.82, 2.24) is 4.90 Å². The molecule has 6 nitrogen and oxygen atoms in total. The molecule has 0 saturated carbocycles. The van der Waals surface area contributed by atoms with Gasteiger partial charge in [-0.05, 0) is 61.9 Å². The van der Waals surface area contributed by atoms with Gasteiger partial charge < -0.3 is 14.4 Å². The Morgan fingerprint density at radius 1 is 1.14 bits per heavy atom. The summed E-state index contributed by atoms with van der Waals surface area (Å²) >= 11 is 7.24. The molecule has 0 spiro atoms. The van der Waals surface area contributed by atoms with E-state index in [0.29, 0.717) is 30.8 Å². The van der Waals surface area contributed by atoms with Crippen LogP contribution in [0, 0.1) is 6.92 Å². The van der Waals surface area contributed by atoms with Gasteiger partial charge in [0, 0.05) is 24.7 Å². The van der Waals surface area contributed by atoms with Crippen LogP contribution in [0.15, 0.2) is 46.7 Å². The van der Waals surface area contributed by atoms with E-state index in [9.17, 15) is 21.6 Å². The molecular formula is C24H24ClF3N2O4S2. The molecule has 2 aromatic carbocycles. The van der Waals surface area contributed by atoms with E-state index in [1.165, 1.54) is 6.07 Å². The molecule has 1 aromatic heterocycles. The lowest BCUT2D eigenvalue weighted by Gasteiger charge is -2.19. The predicted molar refractivity (Wildman–Crippen MR) is 135 cm³/mol. The molecule has 0 unspecified atom stereocenters. The Kier molecular flexibility index (Phi) is 7.47. The Balaban J connectivity index is 1.63. The standard InChI is InChI=1S/C24H24ClF3N2O4S2/c1-14-10-16(33-3)5-6-18(14)19-12-22(35-23(19)25)36(31,32)29-15-4-7-20(24(26,27)28)21(11-15)34-17-8-9-30(2)13-17/h4-7,10-12,17,29H,8-9,13H2,1-3H3/t17-/m1/s1. The molecule has 1 aliphatic rings. The van der Waals surface area contributed by atoms with Gasteiger partial charge in [-0.15, -0.1) is 11.3 Å². The first-order valence-electron chi connectivity index (χ1n) is 10.9. The average Bonchev–Trinajstić information content (AvgIpc) is 3.38. The summed E-state index contributed by atoms with van der Waals surface area (Å²) in [5.41, 5.74) is 1.11. The monoisotopic (exact) mass is 560 g/mol. The van der Waals surface area contributed by atoms with Gasteiger partial charge in [0.1, 0.15) is 26.1 Å². The van der Waals surface area contributed by atoms with Gasteiger partial charge in [-0.1, -0.05) is 17.7 Å². The van der Waals surface area contributed by atoms with Gasteiger partial charge in [0.05, 0.1) is 18.4 Å². The van der Waals surface area contributed by atoms with Crippen LogP contribution >= 0.6 is 22.9 Å². The van der Waals surface area contributed by atoms with E-state index in [4.69, 9.17) is 21.1 Å². The topological polar surface area (TPSA) is 67.9 Å². The van der Waals surface area contributed by atoms with Gasteiger partial charge in [-0.2, -0.15) is 13.2 Å². The maximum absolute atomic E-state index is 13.6. The smallest absolute Gasteiger partial charge is 0.419 e. The molecule has 4 rings (SSSR count). The quantitative estimate of drug-likeness (QED) is 0.368. The van der Waals surface area contributed by atoms with Crippen molar-refractivity contribution in [2.24, 2.45) is 0 Å². The van der Waals surface area contributed by atoms with Gasteiger partial charge in [-0.3, -0.25) is 4.72 Å². The maximum atomic E-state index is 13.6. The molecule has 0 amide bonds. The number of likely N-dealkylation sites (N-methyl/N-ethyl adjacent to an activating group) is 1. The first-order chi connectivity index (χ1) is 16.9. The summed E-state index contributed by atoms with van der Waals surface area (Å²) in [6, 6.07) is 9.74. The van der Waals surface area contributed by atoms with Crippen LogP contribution in [-0.2, 0) is 16.2 Å². The van der Waals surface area contributed by atoms with Crippen LogP contribution in [0.5, 0.6) is 11.5 Å². The highest BCUT2D eigenvalue weighted by Crippen LogP contribution is 2.42. The number of hydrogen-bond donors (Lipinski definition) is 1. The number of halogens is 4. The zero-order chi connectivity index (χ0) is 26.3. The van der Waals surface area contributed by atoms with E-state index in [1.54, 1.807) is 19.2 Å². The Morgan fingerprint density at radius 3 is 2.50 bits per heavy atom. The molecule has 1 N–H and O–H groups in total. The van der Waals surface area contributed by atoms with Crippen molar-refractivity contribution >= 4 is 38.6 Å². The number of hydrogen-bond acceptors (Lipinski definition) is 6. The summed E-state index contributed by atoms with van der Waals surface area (Å²) in [7, 11) is -0.734. The van der Waals surface area contributed by atoms with E-state index >= 15 is 0 Å². The van der Waals surface area contributed by atoms with E-state index in [-0.39, 0.29) is 14.2 Å². The lowest BCUT2D eigenvalue weighted by Crippen LogP contribution is -2.23. The van der Waals surface area contributed by atoms with Crippen molar-refractivity contribution in [1.29, 1.82) is 0 Å². The molecule has 1 aliphatic heterocycles. The van der Waals surface area contributed by atoms with Crippen molar-refractivity contribution in [3.63, 3.8) is 0 Å². The number of methoxy groups -OCH3 is 1. The fraction of sp³-hybridized carbons (Fsp3) is 0.333. The second-order valence-corrected chi connectivity index (χ2v) is 12.1. The fourth-order valence-electron chi connectivity index (χ4n) is 4.02. The molecular weight excluding hydrogens is 537 g/mol. The highest BCUT2D eigenvalue weighted by molar-refractivity contribution is 7.94.